The number of rotatable bonds is 5. The van der Waals surface area contributed by atoms with Gasteiger partial charge in [0.15, 0.2) is 11.5 Å². The van der Waals surface area contributed by atoms with E-state index in [1.165, 1.54) is 25.1 Å². The third kappa shape index (κ3) is 3.88. The van der Waals surface area contributed by atoms with Crippen LogP contribution < -0.4 is 10.1 Å². The normalized spacial score (nSPS) is 10.2. The molecule has 0 unspecified atom stereocenters. The maximum Gasteiger partial charge on any atom is 0.257 e. The number of nitrogens with zero attached hydrogens (tertiary/aromatic N) is 1. The van der Waals surface area contributed by atoms with E-state index in [-0.39, 0.29) is 35.6 Å². The van der Waals surface area contributed by atoms with E-state index in [0.717, 1.165) is 0 Å². The lowest BCUT2D eigenvalue weighted by Gasteiger charge is -2.19. The number of nitrogens with one attached hydrogen (secondary N) is 1. The first kappa shape index (κ1) is 15.8. The molecule has 2 N–H and O–H groups in total. The Morgan fingerprint density at radius 3 is 2.60 bits per heavy atom. The number of ether oxygens (including phenoxy) is 1. The summed E-state index contributed by atoms with van der Waals surface area (Å²) >= 11 is 0. The van der Waals surface area contributed by atoms with Crippen LogP contribution in [-0.4, -0.2) is 48.6 Å². The van der Waals surface area contributed by atoms with E-state index in [9.17, 15) is 14.7 Å². The van der Waals surface area contributed by atoms with Crippen molar-refractivity contribution in [2.45, 2.75) is 19.9 Å². The number of methoxy groups -OCH3 is 1. The van der Waals surface area contributed by atoms with E-state index in [0.29, 0.717) is 0 Å². The van der Waals surface area contributed by atoms with Crippen LogP contribution in [-0.2, 0) is 4.79 Å². The van der Waals surface area contributed by atoms with Gasteiger partial charge in [0, 0.05) is 13.1 Å². The van der Waals surface area contributed by atoms with E-state index in [2.05, 4.69) is 5.32 Å². The van der Waals surface area contributed by atoms with Gasteiger partial charge in [-0.05, 0) is 26.0 Å². The van der Waals surface area contributed by atoms with Gasteiger partial charge in [-0.15, -0.1) is 0 Å². The zero-order valence-electron chi connectivity index (χ0n) is 12.1. The molecule has 0 aliphatic carbocycles. The summed E-state index contributed by atoms with van der Waals surface area (Å²) in [7, 11) is 2.91. The summed E-state index contributed by atoms with van der Waals surface area (Å²) < 4.78 is 4.95. The van der Waals surface area contributed by atoms with E-state index >= 15 is 0 Å². The summed E-state index contributed by atoms with van der Waals surface area (Å²) in [6, 6.07) is 4.65. The standard InChI is InChI=1S/C14H20N2O4/c1-9(2)15-12(17)8-16(3)14(19)10-6-5-7-11(20-4)13(10)18/h5-7,9,18H,8H2,1-4H3,(H,15,17). The third-order valence-corrected chi connectivity index (χ3v) is 2.63. The second kappa shape index (κ2) is 6.79. The minimum absolute atomic E-state index is 0.0104. The van der Waals surface area contributed by atoms with Crippen molar-refractivity contribution in [3.05, 3.63) is 23.8 Å². The predicted octanol–water partition coefficient (Wildman–Crippen LogP) is 0.997. The SMILES string of the molecule is COc1cccc(C(=O)N(C)CC(=O)NC(C)C)c1O. The number of carbonyl (C=O) groups excluding carboxylic acids is 2. The maximum absolute atomic E-state index is 12.2. The first-order chi connectivity index (χ1) is 9.36. The van der Waals surface area contributed by atoms with Gasteiger partial charge in [-0.25, -0.2) is 0 Å². The van der Waals surface area contributed by atoms with Gasteiger partial charge in [-0.3, -0.25) is 9.59 Å². The molecular formula is C14H20N2O4. The molecule has 6 nitrogen and oxygen atoms in total. The zero-order chi connectivity index (χ0) is 15.3. The van der Waals surface area contributed by atoms with Crippen molar-refractivity contribution in [1.82, 2.24) is 10.2 Å². The first-order valence-electron chi connectivity index (χ1n) is 6.27. The average Bonchev–Trinajstić information content (AvgIpc) is 2.37. The topological polar surface area (TPSA) is 78.9 Å². The molecule has 0 atom stereocenters. The fraction of sp³-hybridized carbons (Fsp3) is 0.429. The van der Waals surface area contributed by atoms with Gasteiger partial charge in [0.25, 0.3) is 5.91 Å². The van der Waals surface area contributed by atoms with Crippen LogP contribution in [0.2, 0.25) is 0 Å². The number of phenols is 1. The lowest BCUT2D eigenvalue weighted by molar-refractivity contribution is -0.122. The predicted molar refractivity (Wildman–Crippen MR) is 74.9 cm³/mol. The minimum atomic E-state index is -0.444. The molecule has 1 aromatic carbocycles. The van der Waals surface area contributed by atoms with Crippen LogP contribution >= 0.6 is 0 Å². The van der Waals surface area contributed by atoms with Gasteiger partial charge in [0.1, 0.15) is 0 Å². The van der Waals surface area contributed by atoms with Gasteiger partial charge >= 0.3 is 0 Å². The summed E-state index contributed by atoms with van der Waals surface area (Å²) in [5.41, 5.74) is 0.101. The number of benzene rings is 1. The van der Waals surface area contributed by atoms with Gasteiger partial charge in [0.2, 0.25) is 5.91 Å². The van der Waals surface area contributed by atoms with Crippen LogP contribution in [0.15, 0.2) is 18.2 Å². The molecule has 0 radical (unpaired) electrons. The molecule has 0 heterocycles. The van der Waals surface area contributed by atoms with Crippen LogP contribution in [0.4, 0.5) is 0 Å². The highest BCUT2D eigenvalue weighted by molar-refractivity contribution is 5.99. The highest BCUT2D eigenvalue weighted by Crippen LogP contribution is 2.29. The largest absolute Gasteiger partial charge is 0.504 e. The molecule has 0 aromatic heterocycles. The second-order valence-corrected chi connectivity index (χ2v) is 4.74. The molecular weight excluding hydrogens is 260 g/mol. The molecule has 2 amide bonds. The molecule has 1 aromatic rings. The van der Waals surface area contributed by atoms with E-state index in [1.54, 1.807) is 12.1 Å². The van der Waals surface area contributed by atoms with Crippen LogP contribution in [0.25, 0.3) is 0 Å². The number of likely N-dealkylation sites (N-methyl/N-ethyl adjacent to an activating group) is 1. The Kier molecular flexibility index (Phi) is 5.37. The number of para-hydroxylation sites is 1. The number of phenolic OH excluding ortho intramolecular Hbond substituents is 1. The Morgan fingerprint density at radius 2 is 2.05 bits per heavy atom. The summed E-state index contributed by atoms with van der Waals surface area (Å²) in [6.45, 7) is 3.61. The smallest absolute Gasteiger partial charge is 0.257 e. The van der Waals surface area contributed by atoms with Crippen molar-refractivity contribution >= 4 is 11.8 Å². The summed E-state index contributed by atoms with van der Waals surface area (Å²) in [6.07, 6.45) is 0. The maximum atomic E-state index is 12.2. The van der Waals surface area contributed by atoms with Crippen molar-refractivity contribution in [3.63, 3.8) is 0 Å². The Balaban J connectivity index is 2.82. The third-order valence-electron chi connectivity index (χ3n) is 2.63. The van der Waals surface area contributed by atoms with E-state index in [1.807, 2.05) is 13.8 Å². The first-order valence-corrected chi connectivity index (χ1v) is 6.27. The average molecular weight is 280 g/mol. The lowest BCUT2D eigenvalue weighted by Crippen LogP contribution is -2.40. The van der Waals surface area contributed by atoms with E-state index in [4.69, 9.17) is 4.74 Å². The van der Waals surface area contributed by atoms with E-state index < -0.39 is 5.91 Å². The Hall–Kier alpha value is -2.24. The van der Waals surface area contributed by atoms with Gasteiger partial charge < -0.3 is 20.1 Å². The Bertz CT molecular complexity index is 500. The molecule has 6 heteroatoms. The van der Waals surface area contributed by atoms with Gasteiger partial charge in [-0.2, -0.15) is 0 Å². The van der Waals surface area contributed by atoms with Gasteiger partial charge in [0.05, 0.1) is 19.2 Å². The fourth-order valence-corrected chi connectivity index (χ4v) is 1.72. The monoisotopic (exact) mass is 280 g/mol. The zero-order valence-corrected chi connectivity index (χ0v) is 12.1. The molecule has 110 valence electrons. The van der Waals surface area contributed by atoms with Gasteiger partial charge in [-0.1, -0.05) is 6.07 Å². The molecule has 0 spiro atoms. The fourth-order valence-electron chi connectivity index (χ4n) is 1.72. The van der Waals surface area contributed by atoms with Crippen molar-refractivity contribution in [2.24, 2.45) is 0 Å². The highest BCUT2D eigenvalue weighted by atomic mass is 16.5. The molecule has 0 aliphatic heterocycles. The molecule has 20 heavy (non-hydrogen) atoms. The molecule has 0 saturated carbocycles. The summed E-state index contributed by atoms with van der Waals surface area (Å²) in [5.74, 6) is -0.703. The number of hydrogen-bond donors (Lipinski definition) is 2. The van der Waals surface area contributed by atoms with Crippen molar-refractivity contribution in [3.8, 4) is 11.5 Å². The van der Waals surface area contributed by atoms with Crippen LogP contribution in [0.1, 0.15) is 24.2 Å². The summed E-state index contributed by atoms with van der Waals surface area (Å²) in [5, 5.41) is 12.6. The highest BCUT2D eigenvalue weighted by Gasteiger charge is 2.20. The van der Waals surface area contributed by atoms with Crippen molar-refractivity contribution in [2.75, 3.05) is 20.7 Å². The minimum Gasteiger partial charge on any atom is -0.504 e. The summed E-state index contributed by atoms with van der Waals surface area (Å²) in [4.78, 5) is 25.0. The number of hydrogen-bond acceptors (Lipinski definition) is 4. The van der Waals surface area contributed by atoms with Crippen LogP contribution in [0.5, 0.6) is 11.5 Å². The van der Waals surface area contributed by atoms with Crippen LogP contribution in [0.3, 0.4) is 0 Å². The number of carbonyl (C=O) groups is 2. The van der Waals surface area contributed by atoms with Crippen molar-refractivity contribution in [1.29, 1.82) is 0 Å². The molecule has 0 saturated heterocycles. The number of amides is 2. The second-order valence-electron chi connectivity index (χ2n) is 4.74. The molecule has 1 rings (SSSR count). The Labute approximate surface area is 118 Å². The Morgan fingerprint density at radius 1 is 1.40 bits per heavy atom. The van der Waals surface area contributed by atoms with Crippen LogP contribution in [0, 0.1) is 0 Å². The molecule has 0 fully saturated rings. The molecule has 0 aliphatic rings. The quantitative estimate of drug-likeness (QED) is 0.843. The lowest BCUT2D eigenvalue weighted by atomic mass is 10.1. The number of aromatic hydroxyl groups is 1. The molecule has 0 bridgehead atoms. The van der Waals surface area contributed by atoms with Crippen molar-refractivity contribution < 1.29 is 19.4 Å².